The van der Waals surface area contributed by atoms with Gasteiger partial charge in [-0.15, -0.1) is 0 Å². The maximum atomic E-state index is 11.1. The molecular formula is C14H14NO3S. The van der Waals surface area contributed by atoms with Gasteiger partial charge in [0, 0.05) is 18.3 Å². The lowest BCUT2D eigenvalue weighted by Crippen LogP contribution is -2.05. The van der Waals surface area contributed by atoms with Crippen molar-refractivity contribution in [2.75, 3.05) is 18.6 Å². The minimum atomic E-state index is -3.51. The molecule has 1 radical (unpaired) electrons. The van der Waals surface area contributed by atoms with Crippen molar-refractivity contribution in [1.29, 1.82) is 0 Å². The summed E-state index contributed by atoms with van der Waals surface area (Å²) in [6, 6.07) is 15.5. The van der Waals surface area contributed by atoms with Gasteiger partial charge in [0.1, 0.15) is 5.75 Å². The zero-order chi connectivity index (χ0) is 13.9. The molecular weight excluding hydrogens is 262 g/mol. The van der Waals surface area contributed by atoms with Crippen LogP contribution in [0.3, 0.4) is 0 Å². The van der Waals surface area contributed by atoms with Crippen LogP contribution in [0.25, 0.3) is 11.1 Å². The van der Waals surface area contributed by atoms with Gasteiger partial charge in [0.2, 0.25) is 0 Å². The predicted molar refractivity (Wildman–Crippen MR) is 75.7 cm³/mol. The molecule has 19 heavy (non-hydrogen) atoms. The lowest BCUT2D eigenvalue weighted by Gasteiger charge is -2.10. The molecule has 5 heteroatoms. The van der Waals surface area contributed by atoms with Gasteiger partial charge >= 0.3 is 10.1 Å². The molecule has 0 amide bonds. The molecule has 0 atom stereocenters. The Hall–Kier alpha value is -2.01. The number of nitrogens with one attached hydrogen (secondary N) is 1. The number of anilines is 1. The Morgan fingerprint density at radius 3 is 2.74 bits per heavy atom. The average Bonchev–Trinajstić information content (AvgIpc) is 2.37. The SMILES string of the molecule is CNc1c[c]ccc1-c1cccc(OS(C)(=O)=O)c1. The third-order valence-corrected chi connectivity index (χ3v) is 3.02. The topological polar surface area (TPSA) is 55.4 Å². The maximum Gasteiger partial charge on any atom is 0.306 e. The molecule has 0 aliphatic heterocycles. The lowest BCUT2D eigenvalue weighted by atomic mass is 10.0. The Kier molecular flexibility index (Phi) is 3.76. The van der Waals surface area contributed by atoms with Crippen molar-refractivity contribution in [1.82, 2.24) is 0 Å². The lowest BCUT2D eigenvalue weighted by molar-refractivity contribution is 0.493. The summed E-state index contributed by atoms with van der Waals surface area (Å²) in [6.45, 7) is 0. The Morgan fingerprint density at radius 1 is 1.26 bits per heavy atom. The van der Waals surface area contributed by atoms with Crippen molar-refractivity contribution in [3.63, 3.8) is 0 Å². The van der Waals surface area contributed by atoms with Crippen LogP contribution < -0.4 is 9.50 Å². The summed E-state index contributed by atoms with van der Waals surface area (Å²) in [5.74, 6) is 0.301. The van der Waals surface area contributed by atoms with Gasteiger partial charge in [0.05, 0.1) is 6.26 Å². The number of benzene rings is 2. The maximum absolute atomic E-state index is 11.1. The molecule has 2 aromatic rings. The first-order valence-corrected chi connectivity index (χ1v) is 7.49. The minimum Gasteiger partial charge on any atom is -0.388 e. The highest BCUT2D eigenvalue weighted by atomic mass is 32.2. The van der Waals surface area contributed by atoms with Crippen LogP contribution >= 0.6 is 0 Å². The van der Waals surface area contributed by atoms with Crippen molar-refractivity contribution in [2.45, 2.75) is 0 Å². The van der Waals surface area contributed by atoms with E-state index < -0.39 is 10.1 Å². The Labute approximate surface area is 113 Å². The fraction of sp³-hybridized carbons (Fsp3) is 0.143. The molecule has 99 valence electrons. The number of rotatable bonds is 4. The van der Waals surface area contributed by atoms with E-state index in [0.29, 0.717) is 5.75 Å². The largest absolute Gasteiger partial charge is 0.388 e. The van der Waals surface area contributed by atoms with Crippen LogP contribution in [-0.4, -0.2) is 21.7 Å². The molecule has 0 saturated heterocycles. The van der Waals surface area contributed by atoms with Crippen molar-refractivity contribution >= 4 is 15.8 Å². The van der Waals surface area contributed by atoms with Gasteiger partial charge in [-0.25, -0.2) is 0 Å². The van der Waals surface area contributed by atoms with Gasteiger partial charge in [0.15, 0.2) is 0 Å². The molecule has 0 spiro atoms. The van der Waals surface area contributed by atoms with Gasteiger partial charge in [-0.3, -0.25) is 0 Å². The van der Waals surface area contributed by atoms with Crippen molar-refractivity contribution in [3.8, 4) is 16.9 Å². The summed E-state index contributed by atoms with van der Waals surface area (Å²) in [5.41, 5.74) is 2.75. The van der Waals surface area contributed by atoms with E-state index >= 15 is 0 Å². The summed E-state index contributed by atoms with van der Waals surface area (Å²) in [4.78, 5) is 0. The molecule has 0 unspecified atom stereocenters. The summed E-state index contributed by atoms with van der Waals surface area (Å²) in [7, 11) is -1.69. The molecule has 2 rings (SSSR count). The second-order valence-corrected chi connectivity index (χ2v) is 5.61. The van der Waals surface area contributed by atoms with Crippen LogP contribution in [0.15, 0.2) is 42.5 Å². The molecule has 0 aliphatic carbocycles. The summed E-state index contributed by atoms with van der Waals surface area (Å²) >= 11 is 0. The summed E-state index contributed by atoms with van der Waals surface area (Å²) < 4.78 is 27.1. The molecule has 0 heterocycles. The van der Waals surface area contributed by atoms with E-state index in [9.17, 15) is 8.42 Å². The molecule has 0 bridgehead atoms. The van der Waals surface area contributed by atoms with E-state index in [-0.39, 0.29) is 0 Å². The highest BCUT2D eigenvalue weighted by Gasteiger charge is 2.07. The van der Waals surface area contributed by atoms with Crippen molar-refractivity contribution in [3.05, 3.63) is 48.5 Å². The van der Waals surface area contributed by atoms with Crippen LogP contribution in [0, 0.1) is 6.07 Å². The predicted octanol–water partition coefficient (Wildman–Crippen LogP) is 2.53. The average molecular weight is 276 g/mol. The minimum absolute atomic E-state index is 0.301. The Morgan fingerprint density at radius 2 is 2.05 bits per heavy atom. The van der Waals surface area contributed by atoms with Crippen LogP contribution in [0.2, 0.25) is 0 Å². The molecule has 0 aliphatic rings. The molecule has 0 fully saturated rings. The van der Waals surface area contributed by atoms with E-state index in [4.69, 9.17) is 4.18 Å². The zero-order valence-corrected chi connectivity index (χ0v) is 11.5. The first-order valence-electron chi connectivity index (χ1n) is 5.67. The van der Waals surface area contributed by atoms with Crippen LogP contribution in [0.5, 0.6) is 5.75 Å². The van der Waals surface area contributed by atoms with Gasteiger partial charge in [-0.2, -0.15) is 8.42 Å². The Balaban J connectivity index is 2.43. The first kappa shape index (κ1) is 13.4. The quantitative estimate of drug-likeness (QED) is 0.872. The van der Waals surface area contributed by atoms with Crippen LogP contribution in [0.4, 0.5) is 5.69 Å². The van der Waals surface area contributed by atoms with Gasteiger partial charge in [-0.1, -0.05) is 24.3 Å². The van der Waals surface area contributed by atoms with E-state index in [1.54, 1.807) is 24.3 Å². The highest BCUT2D eigenvalue weighted by molar-refractivity contribution is 7.86. The fourth-order valence-corrected chi connectivity index (χ4v) is 2.23. The van der Waals surface area contributed by atoms with Crippen LogP contribution in [0.1, 0.15) is 0 Å². The van der Waals surface area contributed by atoms with E-state index in [2.05, 4.69) is 11.4 Å². The fourth-order valence-electron chi connectivity index (χ4n) is 1.78. The standard InChI is InChI=1S/C14H14NO3S/c1-15-14-9-4-3-8-13(14)11-6-5-7-12(10-11)18-19(2,16)17/h3,5-10,15H,1-2H3. The van der Waals surface area contributed by atoms with Crippen LogP contribution in [-0.2, 0) is 10.1 Å². The van der Waals surface area contributed by atoms with Gasteiger partial charge < -0.3 is 9.50 Å². The monoisotopic (exact) mass is 276 g/mol. The van der Waals surface area contributed by atoms with E-state index in [1.165, 1.54) is 0 Å². The second-order valence-electron chi connectivity index (χ2n) is 4.04. The smallest absolute Gasteiger partial charge is 0.306 e. The van der Waals surface area contributed by atoms with E-state index in [1.807, 2.05) is 25.2 Å². The third-order valence-electron chi connectivity index (χ3n) is 2.53. The molecule has 4 nitrogen and oxygen atoms in total. The Bertz CT molecular complexity index is 681. The number of hydrogen-bond acceptors (Lipinski definition) is 4. The molecule has 0 aromatic heterocycles. The molecule has 0 saturated carbocycles. The summed E-state index contributed by atoms with van der Waals surface area (Å²) in [5, 5.41) is 3.07. The zero-order valence-electron chi connectivity index (χ0n) is 10.7. The molecule has 2 aromatic carbocycles. The second kappa shape index (κ2) is 5.32. The first-order chi connectivity index (χ1) is 8.99. The van der Waals surface area contributed by atoms with Gasteiger partial charge in [0.25, 0.3) is 0 Å². The van der Waals surface area contributed by atoms with Crippen molar-refractivity contribution in [2.24, 2.45) is 0 Å². The third kappa shape index (κ3) is 3.48. The normalized spacial score (nSPS) is 11.1. The van der Waals surface area contributed by atoms with Gasteiger partial charge in [-0.05, 0) is 29.8 Å². The highest BCUT2D eigenvalue weighted by Crippen LogP contribution is 2.30. The summed E-state index contributed by atoms with van der Waals surface area (Å²) in [6.07, 6.45) is 1.02. The number of hydrogen-bond donors (Lipinski definition) is 1. The molecule has 1 N–H and O–H groups in total. The van der Waals surface area contributed by atoms with Crippen molar-refractivity contribution < 1.29 is 12.6 Å². The van der Waals surface area contributed by atoms with E-state index in [0.717, 1.165) is 23.1 Å².